The first-order chi connectivity index (χ1) is 8.75. The van der Waals surface area contributed by atoms with Crippen LogP contribution in [0.1, 0.15) is 30.4 Å². The number of fused-ring (bicyclic) bond motifs is 1. The van der Waals surface area contributed by atoms with Crippen LogP contribution in [0, 0.1) is 0 Å². The van der Waals surface area contributed by atoms with Gasteiger partial charge in [-0.3, -0.25) is 0 Å². The van der Waals surface area contributed by atoms with E-state index in [9.17, 15) is 5.11 Å². The molecule has 2 aromatic rings. The van der Waals surface area contributed by atoms with Crippen molar-refractivity contribution in [2.45, 2.75) is 32.1 Å². The molecule has 18 heavy (non-hydrogen) atoms. The average Bonchev–Trinajstić information content (AvgIpc) is 2.64. The van der Waals surface area contributed by atoms with Crippen LogP contribution in [0.15, 0.2) is 22.9 Å². The van der Waals surface area contributed by atoms with Crippen molar-refractivity contribution in [1.82, 2.24) is 5.16 Å². The van der Waals surface area contributed by atoms with E-state index in [0.717, 1.165) is 18.4 Å². The largest absolute Gasteiger partial charge is 0.507 e. The Morgan fingerprint density at radius 1 is 1.06 bits per heavy atom. The molecule has 94 valence electrons. The fourth-order valence-corrected chi connectivity index (χ4v) is 2.62. The molecule has 1 aliphatic rings. The molecule has 1 aromatic heterocycles. The van der Waals surface area contributed by atoms with Crippen molar-refractivity contribution in [1.29, 1.82) is 0 Å². The van der Waals surface area contributed by atoms with Crippen LogP contribution < -0.4 is 5.73 Å². The lowest BCUT2D eigenvalue weighted by Gasteiger charge is -2.10. The number of hydrogen-bond donors (Lipinski definition) is 2. The van der Waals surface area contributed by atoms with E-state index in [0.29, 0.717) is 5.56 Å². The zero-order valence-corrected chi connectivity index (χ0v) is 10.1. The predicted molar refractivity (Wildman–Crippen MR) is 69.3 cm³/mol. The molecule has 0 atom stereocenters. The second-order valence-electron chi connectivity index (χ2n) is 4.80. The molecule has 0 aliphatic heterocycles. The summed E-state index contributed by atoms with van der Waals surface area (Å²) < 4.78 is 4.86. The van der Waals surface area contributed by atoms with Gasteiger partial charge in [0, 0.05) is 5.56 Å². The number of phenols is 1. The van der Waals surface area contributed by atoms with Crippen LogP contribution in [0.4, 0.5) is 5.88 Å². The van der Waals surface area contributed by atoms with Crippen molar-refractivity contribution in [2.75, 3.05) is 5.73 Å². The summed E-state index contributed by atoms with van der Waals surface area (Å²) in [4.78, 5) is 0. The van der Waals surface area contributed by atoms with Crippen LogP contribution in [-0.2, 0) is 12.8 Å². The van der Waals surface area contributed by atoms with Crippen LogP contribution in [0.3, 0.4) is 0 Å². The van der Waals surface area contributed by atoms with Gasteiger partial charge < -0.3 is 15.4 Å². The summed E-state index contributed by atoms with van der Waals surface area (Å²) in [6.07, 6.45) is 7.31. The number of nitrogen functional groups attached to an aromatic ring is 1. The number of phenolic OH excluding ortho intramolecular Hbond substituents is 1. The van der Waals surface area contributed by atoms with Gasteiger partial charge in [-0.25, -0.2) is 0 Å². The Hall–Kier alpha value is -1.97. The predicted octanol–water partition coefficient (Wildman–Crippen LogP) is 2.90. The third-order valence-corrected chi connectivity index (χ3v) is 3.60. The van der Waals surface area contributed by atoms with Gasteiger partial charge in [0.25, 0.3) is 0 Å². The van der Waals surface area contributed by atoms with Gasteiger partial charge in [0.2, 0.25) is 5.88 Å². The van der Waals surface area contributed by atoms with E-state index < -0.39 is 0 Å². The molecule has 0 amide bonds. The smallest absolute Gasteiger partial charge is 0.230 e. The molecule has 4 heteroatoms. The topological polar surface area (TPSA) is 72.3 Å². The summed E-state index contributed by atoms with van der Waals surface area (Å²) in [7, 11) is 0. The molecular weight excluding hydrogens is 228 g/mol. The quantitative estimate of drug-likeness (QED) is 0.756. The molecule has 3 N–H and O–H groups in total. The maximum Gasteiger partial charge on any atom is 0.230 e. The fraction of sp³-hybridized carbons (Fsp3) is 0.357. The highest BCUT2D eigenvalue weighted by Crippen LogP contribution is 2.36. The summed E-state index contributed by atoms with van der Waals surface area (Å²) in [6, 6.07) is 3.89. The Morgan fingerprint density at radius 2 is 1.78 bits per heavy atom. The highest BCUT2D eigenvalue weighted by Gasteiger charge is 2.16. The summed E-state index contributed by atoms with van der Waals surface area (Å²) in [5, 5.41) is 13.8. The lowest BCUT2D eigenvalue weighted by Crippen LogP contribution is -1.93. The normalized spacial score (nSPS) is 15.1. The van der Waals surface area contributed by atoms with Gasteiger partial charge in [0.05, 0.1) is 11.8 Å². The minimum atomic E-state index is 0.249. The number of nitrogens with two attached hydrogens (primary N) is 1. The van der Waals surface area contributed by atoms with Gasteiger partial charge in [-0.05, 0) is 48.9 Å². The number of benzene rings is 1. The molecule has 0 saturated carbocycles. The van der Waals surface area contributed by atoms with Crippen LogP contribution in [-0.4, -0.2) is 10.3 Å². The summed E-state index contributed by atoms with van der Waals surface area (Å²) in [5.41, 5.74) is 9.65. The molecule has 0 saturated heterocycles. The first-order valence-corrected chi connectivity index (χ1v) is 6.31. The van der Waals surface area contributed by atoms with E-state index in [2.05, 4.69) is 5.16 Å². The molecule has 0 fully saturated rings. The number of nitrogens with zero attached hydrogens (tertiary/aromatic N) is 1. The van der Waals surface area contributed by atoms with Crippen molar-refractivity contribution in [3.8, 4) is 16.9 Å². The van der Waals surface area contributed by atoms with Crippen LogP contribution in [0.5, 0.6) is 5.75 Å². The Bertz CT molecular complexity index is 575. The number of aryl methyl sites for hydroxylation is 2. The van der Waals surface area contributed by atoms with E-state index in [4.69, 9.17) is 10.3 Å². The van der Waals surface area contributed by atoms with Crippen molar-refractivity contribution in [3.63, 3.8) is 0 Å². The van der Waals surface area contributed by atoms with Gasteiger partial charge in [0.15, 0.2) is 0 Å². The van der Waals surface area contributed by atoms with E-state index >= 15 is 0 Å². The number of aromatic nitrogens is 1. The SMILES string of the molecule is Nc1oncc1-c1cc2c(cc1O)CCCCC2. The average molecular weight is 244 g/mol. The summed E-state index contributed by atoms with van der Waals surface area (Å²) >= 11 is 0. The molecule has 0 spiro atoms. The van der Waals surface area contributed by atoms with E-state index in [-0.39, 0.29) is 11.6 Å². The van der Waals surface area contributed by atoms with E-state index in [1.165, 1.54) is 30.4 Å². The third-order valence-electron chi connectivity index (χ3n) is 3.60. The van der Waals surface area contributed by atoms with Gasteiger partial charge in [0.1, 0.15) is 5.75 Å². The second-order valence-corrected chi connectivity index (χ2v) is 4.80. The maximum absolute atomic E-state index is 10.1. The molecule has 4 nitrogen and oxygen atoms in total. The zero-order chi connectivity index (χ0) is 12.5. The van der Waals surface area contributed by atoms with Crippen molar-refractivity contribution in [3.05, 3.63) is 29.5 Å². The third kappa shape index (κ3) is 1.83. The van der Waals surface area contributed by atoms with Gasteiger partial charge in [-0.2, -0.15) is 0 Å². The van der Waals surface area contributed by atoms with Crippen LogP contribution in [0.25, 0.3) is 11.1 Å². The monoisotopic (exact) mass is 244 g/mol. The zero-order valence-electron chi connectivity index (χ0n) is 10.1. The standard InChI is InChI=1S/C14H16N2O2/c15-14-12(8-16-18-14)11-6-9-4-2-1-3-5-10(9)7-13(11)17/h6-8,17H,1-5,15H2. The second kappa shape index (κ2) is 4.37. The maximum atomic E-state index is 10.1. The molecule has 1 heterocycles. The number of hydrogen-bond acceptors (Lipinski definition) is 4. The van der Waals surface area contributed by atoms with Crippen molar-refractivity contribution >= 4 is 5.88 Å². The minimum Gasteiger partial charge on any atom is -0.507 e. The molecule has 1 aliphatic carbocycles. The van der Waals surface area contributed by atoms with Gasteiger partial charge in [-0.15, -0.1) is 0 Å². The Morgan fingerprint density at radius 3 is 2.44 bits per heavy atom. The minimum absolute atomic E-state index is 0.249. The number of anilines is 1. The molecule has 3 rings (SSSR count). The van der Waals surface area contributed by atoms with Crippen molar-refractivity contribution in [2.24, 2.45) is 0 Å². The number of rotatable bonds is 1. The highest BCUT2D eigenvalue weighted by atomic mass is 16.5. The molecule has 0 bridgehead atoms. The molecule has 0 unspecified atom stereocenters. The Labute approximate surface area is 105 Å². The van der Waals surface area contributed by atoms with E-state index in [1.54, 1.807) is 6.20 Å². The van der Waals surface area contributed by atoms with Crippen molar-refractivity contribution < 1.29 is 9.63 Å². The molecule has 1 aromatic carbocycles. The first kappa shape index (κ1) is 11.1. The lowest BCUT2D eigenvalue weighted by molar-refractivity contribution is 0.436. The number of aromatic hydroxyl groups is 1. The van der Waals surface area contributed by atoms with Crippen LogP contribution >= 0.6 is 0 Å². The Balaban J connectivity index is 2.11. The van der Waals surface area contributed by atoms with E-state index in [1.807, 2.05) is 12.1 Å². The highest BCUT2D eigenvalue weighted by molar-refractivity contribution is 5.77. The summed E-state index contributed by atoms with van der Waals surface area (Å²) in [5.74, 6) is 0.504. The van der Waals surface area contributed by atoms with Gasteiger partial charge >= 0.3 is 0 Å². The van der Waals surface area contributed by atoms with Gasteiger partial charge in [-0.1, -0.05) is 11.6 Å². The summed E-state index contributed by atoms with van der Waals surface area (Å²) in [6.45, 7) is 0. The fourth-order valence-electron chi connectivity index (χ4n) is 2.62. The Kier molecular flexibility index (Phi) is 2.70. The first-order valence-electron chi connectivity index (χ1n) is 6.31. The lowest BCUT2D eigenvalue weighted by atomic mass is 9.96. The van der Waals surface area contributed by atoms with Crippen LogP contribution in [0.2, 0.25) is 0 Å². The molecule has 0 radical (unpaired) electrons. The molecular formula is C14H16N2O2.